The first-order chi connectivity index (χ1) is 17.4. The number of hydrogen-bond donors (Lipinski definition) is 0. The number of amides is 2. The molecular weight excluding hydrogens is 458 g/mol. The van der Waals surface area contributed by atoms with Crippen LogP contribution in [-0.4, -0.2) is 79.7 Å². The Balaban J connectivity index is 1.34. The summed E-state index contributed by atoms with van der Waals surface area (Å²) in [6.45, 7) is 6.73. The molecule has 2 aliphatic heterocycles. The van der Waals surface area contributed by atoms with Crippen LogP contribution in [0.1, 0.15) is 63.5 Å². The molecule has 0 spiro atoms. The number of esters is 2. The number of hydrogen-bond acceptors (Lipinski definition) is 6. The Hall–Kier alpha value is -2.61. The van der Waals surface area contributed by atoms with Crippen LogP contribution in [0.25, 0.3) is 0 Å². The van der Waals surface area contributed by atoms with E-state index in [-0.39, 0.29) is 30.1 Å². The second-order valence-corrected chi connectivity index (χ2v) is 10.3. The van der Waals surface area contributed by atoms with Gasteiger partial charge in [0.25, 0.3) is 0 Å². The van der Waals surface area contributed by atoms with Gasteiger partial charge in [0.15, 0.2) is 0 Å². The fourth-order valence-electron chi connectivity index (χ4n) is 5.96. The topological polar surface area (TPSA) is 79.4 Å². The van der Waals surface area contributed by atoms with Gasteiger partial charge in [-0.1, -0.05) is 6.07 Å². The average molecular weight is 500 g/mol. The highest BCUT2D eigenvalue weighted by molar-refractivity contribution is 5.94. The molecule has 1 unspecified atom stereocenters. The van der Waals surface area contributed by atoms with Gasteiger partial charge in [-0.15, -0.1) is 0 Å². The zero-order valence-electron chi connectivity index (χ0n) is 22.0. The summed E-state index contributed by atoms with van der Waals surface area (Å²) in [5.41, 5.74) is 3.31. The van der Waals surface area contributed by atoms with Gasteiger partial charge in [-0.3, -0.25) is 19.4 Å². The van der Waals surface area contributed by atoms with Crippen molar-refractivity contribution in [3.05, 3.63) is 29.3 Å². The fraction of sp³-hybridized carbons (Fsp3) is 0.679. The Bertz CT molecular complexity index is 943. The molecular formula is C28H41N3O5. The molecule has 0 N–H and O–H groups in total. The fourth-order valence-corrected chi connectivity index (χ4v) is 5.96. The monoisotopic (exact) mass is 499 g/mol. The lowest BCUT2D eigenvalue weighted by Crippen LogP contribution is -2.41. The van der Waals surface area contributed by atoms with E-state index >= 15 is 0 Å². The Kier molecular flexibility index (Phi) is 8.88. The standard InChI is InChI=1S/C28H41N3O5/c1-4-35-26(32)13-8-20-6-10-23(11-7-20)30-16-17-31(28(30)34)24-12-9-21-19-25(27(33)36-5-2)29(3)15-14-22(21)18-24/h9,12,18,20,23,25H,4-8,10-11,13-17,19H2,1-3H3. The van der Waals surface area contributed by atoms with Gasteiger partial charge in [0, 0.05) is 37.8 Å². The van der Waals surface area contributed by atoms with E-state index in [0.717, 1.165) is 62.9 Å². The summed E-state index contributed by atoms with van der Waals surface area (Å²) in [6.07, 6.45) is 6.96. The second-order valence-electron chi connectivity index (χ2n) is 10.3. The summed E-state index contributed by atoms with van der Waals surface area (Å²) in [6, 6.07) is 6.36. The molecule has 1 aromatic rings. The highest BCUT2D eigenvalue weighted by Gasteiger charge is 2.37. The number of carbonyl (C=O) groups is 3. The summed E-state index contributed by atoms with van der Waals surface area (Å²) in [5, 5.41) is 0. The molecule has 0 radical (unpaired) electrons. The predicted molar refractivity (Wildman–Crippen MR) is 138 cm³/mol. The minimum Gasteiger partial charge on any atom is -0.466 e. The van der Waals surface area contributed by atoms with Crippen molar-refractivity contribution in [1.29, 1.82) is 0 Å². The van der Waals surface area contributed by atoms with Gasteiger partial charge < -0.3 is 14.4 Å². The first-order valence-corrected chi connectivity index (χ1v) is 13.6. The molecule has 0 bridgehead atoms. The van der Waals surface area contributed by atoms with Crippen molar-refractivity contribution in [3.8, 4) is 0 Å². The smallest absolute Gasteiger partial charge is 0.324 e. The lowest BCUT2D eigenvalue weighted by atomic mass is 9.83. The van der Waals surface area contributed by atoms with E-state index in [4.69, 9.17) is 9.47 Å². The van der Waals surface area contributed by atoms with Crippen LogP contribution in [0.15, 0.2) is 18.2 Å². The van der Waals surface area contributed by atoms with Crippen LogP contribution in [0.3, 0.4) is 0 Å². The van der Waals surface area contributed by atoms with Gasteiger partial charge in [-0.25, -0.2) is 4.79 Å². The maximum absolute atomic E-state index is 13.4. The van der Waals surface area contributed by atoms with Gasteiger partial charge >= 0.3 is 18.0 Å². The third kappa shape index (κ3) is 6.02. The Morgan fingerprint density at radius 1 is 0.972 bits per heavy atom. The minimum atomic E-state index is -0.270. The van der Waals surface area contributed by atoms with E-state index in [9.17, 15) is 14.4 Å². The van der Waals surface area contributed by atoms with Crippen molar-refractivity contribution >= 4 is 23.7 Å². The van der Waals surface area contributed by atoms with Gasteiger partial charge in [0.1, 0.15) is 6.04 Å². The van der Waals surface area contributed by atoms with Gasteiger partial charge in [0.05, 0.1) is 13.2 Å². The first-order valence-electron chi connectivity index (χ1n) is 13.6. The third-order valence-corrected chi connectivity index (χ3v) is 8.10. The Morgan fingerprint density at radius 3 is 2.44 bits per heavy atom. The van der Waals surface area contributed by atoms with E-state index in [0.29, 0.717) is 38.5 Å². The Labute approximate surface area is 214 Å². The van der Waals surface area contributed by atoms with Crippen LogP contribution in [0.2, 0.25) is 0 Å². The predicted octanol–water partition coefficient (Wildman–Crippen LogP) is 3.79. The normalized spacial score (nSPS) is 24.9. The number of ether oxygens (including phenoxy) is 2. The maximum atomic E-state index is 13.4. The maximum Gasteiger partial charge on any atom is 0.324 e. The molecule has 4 rings (SSSR count). The largest absolute Gasteiger partial charge is 0.466 e. The highest BCUT2D eigenvalue weighted by atomic mass is 16.5. The van der Waals surface area contributed by atoms with E-state index in [1.54, 1.807) is 0 Å². The molecule has 2 heterocycles. The lowest BCUT2D eigenvalue weighted by Gasteiger charge is -2.34. The third-order valence-electron chi connectivity index (χ3n) is 8.10. The molecule has 2 fully saturated rings. The van der Waals surface area contributed by atoms with Gasteiger partial charge in [0.2, 0.25) is 0 Å². The molecule has 1 atom stereocenters. The SMILES string of the molecule is CCOC(=O)CCC1CCC(N2CCN(c3ccc4c(c3)CCN(C)C(C(=O)OCC)C4)C2=O)CC1. The van der Waals surface area contributed by atoms with E-state index in [1.165, 1.54) is 5.56 Å². The average Bonchev–Trinajstić information content (AvgIpc) is 3.17. The van der Waals surface area contributed by atoms with Gasteiger partial charge in [-0.05, 0) is 95.0 Å². The number of carbonyl (C=O) groups excluding carboxylic acids is 3. The molecule has 198 valence electrons. The number of fused-ring (bicyclic) bond motifs is 1. The molecule has 0 aromatic heterocycles. The quantitative estimate of drug-likeness (QED) is 0.507. The molecule has 8 nitrogen and oxygen atoms in total. The van der Waals surface area contributed by atoms with Crippen molar-refractivity contribution < 1.29 is 23.9 Å². The van der Waals surface area contributed by atoms with Crippen LogP contribution in [0, 0.1) is 5.92 Å². The van der Waals surface area contributed by atoms with Crippen LogP contribution in [-0.2, 0) is 31.9 Å². The number of urea groups is 1. The van der Waals surface area contributed by atoms with Crippen molar-refractivity contribution in [2.45, 2.75) is 77.3 Å². The van der Waals surface area contributed by atoms with Crippen LogP contribution < -0.4 is 4.90 Å². The number of anilines is 1. The van der Waals surface area contributed by atoms with Crippen LogP contribution >= 0.6 is 0 Å². The zero-order valence-corrected chi connectivity index (χ0v) is 22.0. The van der Waals surface area contributed by atoms with Crippen LogP contribution in [0.4, 0.5) is 10.5 Å². The molecule has 36 heavy (non-hydrogen) atoms. The van der Waals surface area contributed by atoms with Crippen molar-refractivity contribution in [3.63, 3.8) is 0 Å². The first kappa shape index (κ1) is 26.5. The zero-order chi connectivity index (χ0) is 25.7. The minimum absolute atomic E-state index is 0.0973. The van der Waals surface area contributed by atoms with E-state index in [1.807, 2.05) is 31.9 Å². The number of benzene rings is 1. The summed E-state index contributed by atoms with van der Waals surface area (Å²) in [4.78, 5) is 43.5. The number of likely N-dealkylation sites (N-methyl/N-ethyl adjacent to an activating group) is 1. The lowest BCUT2D eigenvalue weighted by molar-refractivity contribution is -0.149. The van der Waals surface area contributed by atoms with Crippen molar-refractivity contribution in [2.24, 2.45) is 5.92 Å². The molecule has 2 amide bonds. The number of nitrogens with zero attached hydrogens (tertiary/aromatic N) is 3. The molecule has 8 heteroatoms. The molecule has 1 saturated heterocycles. The second kappa shape index (κ2) is 12.1. The summed E-state index contributed by atoms with van der Waals surface area (Å²) >= 11 is 0. The van der Waals surface area contributed by atoms with Crippen LogP contribution in [0.5, 0.6) is 0 Å². The summed E-state index contributed by atoms with van der Waals surface area (Å²) < 4.78 is 10.3. The number of rotatable bonds is 8. The summed E-state index contributed by atoms with van der Waals surface area (Å²) in [5.74, 6) is 0.271. The highest BCUT2D eigenvalue weighted by Crippen LogP contribution is 2.34. The molecule has 1 aromatic carbocycles. The van der Waals surface area contributed by atoms with Gasteiger partial charge in [-0.2, -0.15) is 0 Å². The molecule has 1 aliphatic carbocycles. The van der Waals surface area contributed by atoms with Crippen molar-refractivity contribution in [1.82, 2.24) is 9.80 Å². The molecule has 3 aliphatic rings. The molecule has 1 saturated carbocycles. The summed E-state index contributed by atoms with van der Waals surface area (Å²) in [7, 11) is 1.97. The van der Waals surface area contributed by atoms with E-state index in [2.05, 4.69) is 21.9 Å². The Morgan fingerprint density at radius 2 is 1.72 bits per heavy atom. The van der Waals surface area contributed by atoms with E-state index < -0.39 is 0 Å². The van der Waals surface area contributed by atoms with Crippen molar-refractivity contribution in [2.75, 3.05) is 44.8 Å².